The molecule has 0 bridgehead atoms. The number of nitrogens with zero attached hydrogens (tertiary/aromatic N) is 2. The fourth-order valence-corrected chi connectivity index (χ4v) is 4.47. The van der Waals surface area contributed by atoms with Gasteiger partial charge < -0.3 is 14.8 Å². The number of carbonyl (C=O) groups is 3. The Hall–Kier alpha value is -3.72. The molecule has 1 aromatic heterocycles. The Balaban J connectivity index is 1.59. The van der Waals surface area contributed by atoms with Crippen molar-refractivity contribution in [3.63, 3.8) is 0 Å². The number of amides is 2. The summed E-state index contributed by atoms with van der Waals surface area (Å²) in [7, 11) is 0. The van der Waals surface area contributed by atoms with E-state index in [4.69, 9.17) is 9.47 Å². The van der Waals surface area contributed by atoms with Crippen LogP contribution in [0.5, 0.6) is 5.75 Å². The Kier molecular flexibility index (Phi) is 6.41. The molecule has 8 nitrogen and oxygen atoms in total. The van der Waals surface area contributed by atoms with Crippen LogP contribution in [-0.4, -0.2) is 42.5 Å². The van der Waals surface area contributed by atoms with E-state index in [1.807, 2.05) is 26.0 Å². The Morgan fingerprint density at radius 3 is 2.73 bits per heavy atom. The molecule has 1 N–H and O–H groups in total. The molecule has 4 rings (SSSR count). The van der Waals surface area contributed by atoms with Gasteiger partial charge in [0.1, 0.15) is 12.3 Å². The molecule has 0 radical (unpaired) electrons. The van der Waals surface area contributed by atoms with Crippen molar-refractivity contribution in [3.05, 3.63) is 57.9 Å². The number of hydrogen-bond donors (Lipinski definition) is 1. The number of esters is 1. The molecule has 0 saturated carbocycles. The van der Waals surface area contributed by atoms with E-state index in [1.54, 1.807) is 48.6 Å². The molecule has 3 aromatic rings. The maximum Gasteiger partial charge on any atom is 0.340 e. The average molecular weight is 466 g/mol. The Bertz CT molecular complexity index is 1240. The molecule has 2 amide bonds. The van der Waals surface area contributed by atoms with Crippen LogP contribution in [0.1, 0.15) is 27.2 Å². The van der Waals surface area contributed by atoms with Gasteiger partial charge in [0.2, 0.25) is 5.91 Å². The maximum atomic E-state index is 12.9. The number of aryl methyl sites for hydroxylation is 2. The van der Waals surface area contributed by atoms with E-state index in [9.17, 15) is 14.4 Å². The molecule has 2 heterocycles. The number of thiazole rings is 1. The lowest BCUT2D eigenvalue weighted by molar-refractivity contribution is -0.123. The molecular formula is C24H23N3O5S. The van der Waals surface area contributed by atoms with Gasteiger partial charge in [0, 0.05) is 10.4 Å². The van der Waals surface area contributed by atoms with Crippen molar-refractivity contribution < 1.29 is 23.9 Å². The highest BCUT2D eigenvalue weighted by molar-refractivity contribution is 7.11. The number of carbonyl (C=O) groups excluding carboxylic acids is 3. The summed E-state index contributed by atoms with van der Waals surface area (Å²) >= 11 is 1.60. The molecule has 1 aliphatic heterocycles. The molecule has 170 valence electrons. The standard InChI is InChI=1S/C24H23N3O5S/c1-4-31-24(30)17-7-5-6-8-18(17)26-21(28)12-27-19-11-16(23-14(2)33-15(3)25-23)9-10-20(19)32-13-22(27)29/h5-11H,4,12-13H2,1-3H3,(H,26,28). The molecule has 0 aliphatic carbocycles. The maximum absolute atomic E-state index is 12.9. The second-order valence-electron chi connectivity index (χ2n) is 7.40. The van der Waals surface area contributed by atoms with Crippen LogP contribution in [0.15, 0.2) is 42.5 Å². The number of nitrogens with one attached hydrogen (secondary N) is 1. The number of rotatable bonds is 6. The zero-order valence-corrected chi connectivity index (χ0v) is 19.3. The summed E-state index contributed by atoms with van der Waals surface area (Å²) in [5.74, 6) is -0.791. The van der Waals surface area contributed by atoms with Crippen molar-refractivity contribution in [2.24, 2.45) is 0 Å². The van der Waals surface area contributed by atoms with Gasteiger partial charge in [0.15, 0.2) is 6.61 Å². The SMILES string of the molecule is CCOC(=O)c1ccccc1NC(=O)CN1C(=O)COc2ccc(-c3nc(C)sc3C)cc21. The van der Waals surface area contributed by atoms with Crippen LogP contribution < -0.4 is 15.0 Å². The van der Waals surface area contributed by atoms with Crippen molar-refractivity contribution in [2.75, 3.05) is 30.0 Å². The van der Waals surface area contributed by atoms with E-state index in [1.165, 1.54) is 4.90 Å². The van der Waals surface area contributed by atoms with Crippen LogP contribution in [0, 0.1) is 13.8 Å². The predicted octanol–water partition coefficient (Wildman–Crippen LogP) is 3.97. The quantitative estimate of drug-likeness (QED) is 0.553. The van der Waals surface area contributed by atoms with Crippen LogP contribution in [-0.2, 0) is 14.3 Å². The third-order valence-electron chi connectivity index (χ3n) is 5.08. The predicted molar refractivity (Wildman–Crippen MR) is 126 cm³/mol. The summed E-state index contributed by atoms with van der Waals surface area (Å²) in [5, 5.41) is 3.67. The van der Waals surface area contributed by atoms with Gasteiger partial charge in [0.25, 0.3) is 5.91 Å². The van der Waals surface area contributed by atoms with Gasteiger partial charge >= 0.3 is 5.97 Å². The summed E-state index contributed by atoms with van der Waals surface area (Å²) in [4.78, 5) is 44.8. The molecule has 0 saturated heterocycles. The van der Waals surface area contributed by atoms with Crippen molar-refractivity contribution in [1.29, 1.82) is 0 Å². The van der Waals surface area contributed by atoms with E-state index in [0.29, 0.717) is 17.1 Å². The molecule has 0 unspecified atom stereocenters. The molecule has 0 fully saturated rings. The molecule has 2 aromatic carbocycles. The summed E-state index contributed by atoms with van der Waals surface area (Å²) in [6.45, 7) is 5.48. The van der Waals surface area contributed by atoms with Gasteiger partial charge in [-0.05, 0) is 51.1 Å². The molecule has 33 heavy (non-hydrogen) atoms. The summed E-state index contributed by atoms with van der Waals surface area (Å²) in [6, 6.07) is 12.1. The third-order valence-corrected chi connectivity index (χ3v) is 5.96. The summed E-state index contributed by atoms with van der Waals surface area (Å²) < 4.78 is 10.6. The minimum absolute atomic E-state index is 0.159. The monoisotopic (exact) mass is 465 g/mol. The van der Waals surface area contributed by atoms with E-state index in [0.717, 1.165) is 21.1 Å². The summed E-state index contributed by atoms with van der Waals surface area (Å²) in [6.07, 6.45) is 0. The van der Waals surface area contributed by atoms with Crippen molar-refractivity contribution in [2.45, 2.75) is 20.8 Å². The molecule has 0 atom stereocenters. The van der Waals surface area contributed by atoms with Gasteiger partial charge in [-0.15, -0.1) is 11.3 Å². The van der Waals surface area contributed by atoms with Gasteiger partial charge in [0.05, 0.1) is 34.2 Å². The lowest BCUT2D eigenvalue weighted by Gasteiger charge is -2.29. The fourth-order valence-electron chi connectivity index (χ4n) is 3.63. The smallest absolute Gasteiger partial charge is 0.340 e. The highest BCUT2D eigenvalue weighted by Crippen LogP contribution is 2.37. The second kappa shape index (κ2) is 9.41. The zero-order valence-electron chi connectivity index (χ0n) is 18.5. The topological polar surface area (TPSA) is 97.8 Å². The van der Waals surface area contributed by atoms with Gasteiger partial charge in [-0.2, -0.15) is 0 Å². The van der Waals surface area contributed by atoms with Crippen molar-refractivity contribution in [1.82, 2.24) is 4.98 Å². The minimum Gasteiger partial charge on any atom is -0.482 e. The van der Waals surface area contributed by atoms with Gasteiger partial charge in [-0.25, -0.2) is 9.78 Å². The first-order valence-corrected chi connectivity index (χ1v) is 11.3. The number of aromatic nitrogens is 1. The lowest BCUT2D eigenvalue weighted by atomic mass is 10.1. The average Bonchev–Trinajstić information content (AvgIpc) is 3.13. The van der Waals surface area contributed by atoms with Crippen LogP contribution in [0.4, 0.5) is 11.4 Å². The van der Waals surface area contributed by atoms with Crippen LogP contribution in [0.25, 0.3) is 11.3 Å². The number of anilines is 2. The molecule has 1 aliphatic rings. The number of para-hydroxylation sites is 1. The highest BCUT2D eigenvalue weighted by Gasteiger charge is 2.28. The van der Waals surface area contributed by atoms with E-state index in [-0.39, 0.29) is 31.2 Å². The molecule has 9 heteroatoms. The fraction of sp³-hybridized carbons (Fsp3) is 0.250. The van der Waals surface area contributed by atoms with Crippen molar-refractivity contribution >= 4 is 40.5 Å². The van der Waals surface area contributed by atoms with Gasteiger partial charge in [-0.3, -0.25) is 14.5 Å². The number of ether oxygens (including phenoxy) is 2. The molecule has 0 spiro atoms. The van der Waals surface area contributed by atoms with Crippen molar-refractivity contribution in [3.8, 4) is 17.0 Å². The zero-order chi connectivity index (χ0) is 23.5. The Labute approximate surface area is 195 Å². The lowest BCUT2D eigenvalue weighted by Crippen LogP contribution is -2.43. The van der Waals surface area contributed by atoms with Gasteiger partial charge in [-0.1, -0.05) is 12.1 Å². The van der Waals surface area contributed by atoms with E-state index in [2.05, 4.69) is 10.3 Å². The van der Waals surface area contributed by atoms with Crippen LogP contribution in [0.3, 0.4) is 0 Å². The summed E-state index contributed by atoms with van der Waals surface area (Å²) in [5.41, 5.74) is 2.75. The first kappa shape index (κ1) is 22.5. The minimum atomic E-state index is -0.528. The highest BCUT2D eigenvalue weighted by atomic mass is 32.1. The first-order valence-electron chi connectivity index (χ1n) is 10.4. The first-order chi connectivity index (χ1) is 15.9. The Morgan fingerprint density at radius 1 is 1.21 bits per heavy atom. The second-order valence-corrected chi connectivity index (χ2v) is 8.81. The van der Waals surface area contributed by atoms with E-state index >= 15 is 0 Å². The number of fused-ring (bicyclic) bond motifs is 1. The number of benzene rings is 2. The molecular weight excluding hydrogens is 442 g/mol. The number of hydrogen-bond acceptors (Lipinski definition) is 7. The third kappa shape index (κ3) is 4.73. The van der Waals surface area contributed by atoms with E-state index < -0.39 is 11.9 Å². The Morgan fingerprint density at radius 2 is 2.00 bits per heavy atom. The van der Waals surface area contributed by atoms with Crippen LogP contribution in [0.2, 0.25) is 0 Å². The largest absolute Gasteiger partial charge is 0.482 e. The normalized spacial score (nSPS) is 12.7. The van der Waals surface area contributed by atoms with Crippen LogP contribution >= 0.6 is 11.3 Å².